The molecule has 0 radical (unpaired) electrons. The molecular weight excluding hydrogens is 1980 g/mol. The molecule has 7 N–H and O–H groups in total. The van der Waals surface area contributed by atoms with E-state index in [2.05, 4.69) is 71.5 Å². The molecule has 0 amide bonds. The second-order valence-corrected chi connectivity index (χ2v) is 33.4. The monoisotopic (exact) mass is 2120 g/mol. The molecule has 0 aromatic rings. The zero-order chi connectivity index (χ0) is 114. The minimum absolute atomic E-state index is 0.00699. The van der Waals surface area contributed by atoms with Crippen LogP contribution in [0.4, 0.5) is 52.7 Å². The van der Waals surface area contributed by atoms with Gasteiger partial charge in [-0.05, 0) is 101 Å². The van der Waals surface area contributed by atoms with E-state index in [-0.39, 0.29) is 127 Å². The number of nitrogens with zero attached hydrogens (tertiary/aromatic N) is 2. The number of carboxylic acid groups (broad SMARTS) is 7. The molecule has 7 aliphatic heterocycles. The first-order chi connectivity index (χ1) is 67.7. The fourth-order valence-corrected chi connectivity index (χ4v) is 9.65. The van der Waals surface area contributed by atoms with Crippen molar-refractivity contribution in [3.63, 3.8) is 0 Å². The third-order valence-corrected chi connectivity index (χ3v) is 17.0. The number of carbonyl (C=O) groups is 16. The van der Waals surface area contributed by atoms with Crippen molar-refractivity contribution < 1.29 is 217 Å². The van der Waals surface area contributed by atoms with Crippen LogP contribution in [-0.2, 0) is 129 Å². The van der Waals surface area contributed by atoms with Crippen LogP contribution in [-0.4, -0.2) is 244 Å². The number of hydrogen-bond donors (Lipinski definition) is 7. The van der Waals surface area contributed by atoms with Crippen LogP contribution in [0.5, 0.6) is 0 Å². The third-order valence-electron chi connectivity index (χ3n) is 17.0. The van der Waals surface area contributed by atoms with E-state index in [4.69, 9.17) is 74.7 Å². The molecule has 0 spiro atoms. The first-order valence-electron chi connectivity index (χ1n) is 46.0. The van der Waals surface area contributed by atoms with Crippen molar-refractivity contribution in [1.82, 2.24) is 0 Å². The molecule has 7 fully saturated rings. The number of rotatable bonds is 45. The molecule has 7 saturated heterocycles. The molecule has 7 heterocycles. The summed E-state index contributed by atoms with van der Waals surface area (Å²) in [4.78, 5) is 162. The van der Waals surface area contributed by atoms with Crippen molar-refractivity contribution in [2.75, 3.05) is 39.6 Å². The van der Waals surface area contributed by atoms with Crippen LogP contribution in [0.2, 0.25) is 0 Å². The van der Waals surface area contributed by atoms with Gasteiger partial charge in [0, 0.05) is 81.1 Å². The third kappa shape index (κ3) is 104. The number of esters is 9. The van der Waals surface area contributed by atoms with Crippen molar-refractivity contribution >= 4 is 95.5 Å². The maximum atomic E-state index is 12.7. The number of allylic oxidation sites excluding steroid dienone is 5. The molecule has 48 heteroatoms. The lowest BCUT2D eigenvalue weighted by Gasteiger charge is -2.36. The van der Waals surface area contributed by atoms with Gasteiger partial charge in [-0.2, -0.15) is 45.6 Å². The Balaban J connectivity index is -0.000000287. The van der Waals surface area contributed by atoms with Gasteiger partial charge in [-0.3, -0.25) is 43.2 Å². The zero-order valence-corrected chi connectivity index (χ0v) is 84.2. The fourth-order valence-electron chi connectivity index (χ4n) is 9.65. The molecule has 0 aromatic heterocycles. The van der Waals surface area contributed by atoms with Gasteiger partial charge in [0.1, 0.15) is 62.4 Å². The molecule has 0 aromatic carbocycles. The van der Waals surface area contributed by atoms with Crippen LogP contribution in [0.15, 0.2) is 110 Å². The van der Waals surface area contributed by atoms with Crippen molar-refractivity contribution in [2.24, 2.45) is 10.8 Å². The highest BCUT2D eigenvalue weighted by Crippen LogP contribution is 2.44. The molecule has 146 heavy (non-hydrogen) atoms. The minimum Gasteiger partial charge on any atom is -0.478 e. The predicted octanol–water partition coefficient (Wildman–Crippen LogP) is 19.3. The Morgan fingerprint density at radius 1 is 0.404 bits per heavy atom. The molecule has 7 unspecified atom stereocenters. The van der Waals surface area contributed by atoms with Crippen LogP contribution < -0.4 is 0 Å². The lowest BCUT2D eigenvalue weighted by atomic mass is 9.85. The number of aliphatic carboxylic acids is 7. The molecule has 0 aliphatic carbocycles. The van der Waals surface area contributed by atoms with E-state index in [1.54, 1.807) is 37.3 Å². The van der Waals surface area contributed by atoms with Gasteiger partial charge in [0.25, 0.3) is 11.8 Å². The summed E-state index contributed by atoms with van der Waals surface area (Å²) in [5, 5.41) is 72.8. The Morgan fingerprint density at radius 2 is 0.760 bits per heavy atom. The first kappa shape index (κ1) is 146. The number of unbranched alkanes of at least 4 members (excludes halogenated alkanes) is 8. The van der Waals surface area contributed by atoms with Crippen molar-refractivity contribution in [1.29, 1.82) is 10.5 Å². The van der Waals surface area contributed by atoms with Gasteiger partial charge >= 0.3 is 114 Å². The lowest BCUT2D eigenvalue weighted by Crippen LogP contribution is -2.42. The largest absolute Gasteiger partial charge is 0.478 e. The molecule has 0 bridgehead atoms. The molecule has 7 aliphatic rings. The molecule has 832 valence electrons. The number of carboxylic acids is 7. The highest BCUT2D eigenvalue weighted by Gasteiger charge is 2.61. The first-order valence-corrected chi connectivity index (χ1v) is 46.0. The normalized spacial score (nSPS) is 17.4. The summed E-state index contributed by atoms with van der Waals surface area (Å²) >= 11 is 0. The molecule has 7 rings (SSSR count). The Bertz CT molecular complexity index is 4120. The van der Waals surface area contributed by atoms with Crippen molar-refractivity contribution in [3.05, 3.63) is 110 Å². The summed E-state index contributed by atoms with van der Waals surface area (Å²) in [6, 6.07) is 4.02. The highest BCUT2D eigenvalue weighted by molar-refractivity contribution is 5.83. The number of halogens is 12. The number of ether oxygens (including phenoxy) is 11. The summed E-state index contributed by atoms with van der Waals surface area (Å²) in [5.41, 5.74) is 0.103. The van der Waals surface area contributed by atoms with Crippen LogP contribution >= 0.6 is 0 Å². The summed E-state index contributed by atoms with van der Waals surface area (Å²) in [6.07, 6.45) is 19.8. The maximum Gasteiger partial charge on any atom is 0.453 e. The van der Waals surface area contributed by atoms with E-state index in [1.165, 1.54) is 62.5 Å². The van der Waals surface area contributed by atoms with E-state index in [0.717, 1.165) is 75.7 Å². The molecule has 36 nitrogen and oxygen atoms in total. The number of cyclic esters (lactones) is 7. The average molecular weight is 2120 g/mol. The maximum absolute atomic E-state index is 12.7. The number of hydrogen-bond acceptors (Lipinski definition) is 29. The fraction of sp³-hybridized carbons (Fsp3) is 0.633. The Labute approximate surface area is 841 Å². The van der Waals surface area contributed by atoms with Crippen LogP contribution in [0.25, 0.3) is 0 Å². The van der Waals surface area contributed by atoms with Crippen LogP contribution in [0.1, 0.15) is 276 Å². The highest BCUT2D eigenvalue weighted by atomic mass is 19.4. The van der Waals surface area contributed by atoms with Gasteiger partial charge in [-0.1, -0.05) is 144 Å². The Hall–Kier alpha value is -12.8. The standard InChI is InChI=1S/C8H7F7O2.C8H9F5O2.2C8H12O4.2C8H14O2.2C7H9NO2.2C7H10O3.2C7H12O2.2C4H6O2/c9-6(10,3-1-2-5(16)17)4-7(11,12)8(13,14)15;9-7(10,4-8(11,12)13)2-1-5-3-6(14)15-5;1-2-3-7(9)11-5-6-4-8(10)12-6;1-2-4-8(11)12-6-3-5-7(9)10;1-2-3-4-5-7-6-8(9)10-7;1-2-3-4-5-6-7-8(9)10;8-4-2-1-3-6-5-7(9)10-6;8-6-4-2-1-3-5-7(9)10;1-2-3-9-5-6-4-7(8)10-6;1-2-5-10-6-3-4-7(8)9;1-7(2,3)5-4-6(8)9-5;1-7(2,3)5-4-6(8)9;1-3-2-4(5)6-3;1-2-3-4(5)6/h1-2H,3-4H2,(H,16,17);5H,1-4H2;6H,2-5H2,1H3;3,5H,2,4,6H2,1H3,(H,9,10);7H,2-6H2,1H3;6-7H,2-5H2,1H3,(H,9,10);6H,1-3,5H2;3,5H,1-2,4H2,(H,9,10);2,6H,1,3-5H2;2-4H,1,5-6H2,(H,8,9);5H,4H2,1-3H3;4-5H,1-3H3,(H,8,9);3H,2H2,1H3;2-3H,1H3,(H,5,6). The Kier molecular flexibility index (Phi) is 85.6. The summed E-state index contributed by atoms with van der Waals surface area (Å²) in [5.74, 6) is -22.4. The molecule has 0 saturated carbocycles. The number of carbonyl (C=O) groups excluding carboxylic acids is 9. The van der Waals surface area contributed by atoms with Gasteiger partial charge < -0.3 is 87.9 Å². The molecule has 7 atom stereocenters. The second-order valence-electron chi connectivity index (χ2n) is 33.4. The smallest absolute Gasteiger partial charge is 0.453 e. The SMILES string of the molecule is C=CCOCC1CC(=O)O1.C=CCOCC=CC(=O)O.CC(C)(C)C1CC(=O)O1.CC(C)(C)C=CC(=O)O.CC1CC(=O)O1.CC=CC(=O)O.CCCC(=O)OCC1CC(=O)O1.CCCC(=O)OCC=CC(=O)O.CCCCCC1CC(=O)O1.CCCCCC=CC(=O)O.N#CCCCC1CC(=O)O1.N#CCCCC=CC(=O)O.O=C(O)C=CCC(F)(F)CC(F)(F)C(F)(F)F.O=C1CC(CCC(F)(F)CC(F)(F)F)O1. The van der Waals surface area contributed by atoms with Gasteiger partial charge in [-0.25, -0.2) is 51.1 Å². The lowest BCUT2D eigenvalue weighted by molar-refractivity contribution is -0.300. The van der Waals surface area contributed by atoms with Crippen LogP contribution in [0, 0.1) is 33.5 Å². The van der Waals surface area contributed by atoms with Crippen molar-refractivity contribution in [2.45, 2.75) is 349 Å². The van der Waals surface area contributed by atoms with Crippen molar-refractivity contribution in [3.8, 4) is 12.1 Å². The number of nitriles is 2. The minimum atomic E-state index is -6.06. The summed E-state index contributed by atoms with van der Waals surface area (Å²) < 4.78 is 197. The average Bonchev–Trinajstić information content (AvgIpc) is 0.826. The second kappa shape index (κ2) is 85.5. The van der Waals surface area contributed by atoms with E-state index in [1.807, 2.05) is 53.7 Å². The number of alkyl halides is 12. The van der Waals surface area contributed by atoms with E-state index in [0.29, 0.717) is 103 Å². The zero-order valence-electron chi connectivity index (χ0n) is 84.2. The van der Waals surface area contributed by atoms with E-state index in [9.17, 15) is 129 Å². The topological polar surface area (TPSA) is 564 Å². The quantitative estimate of drug-likeness (QED) is 0.00743. The summed E-state index contributed by atoms with van der Waals surface area (Å²) in [6.45, 7) is 32.6. The Morgan fingerprint density at radius 3 is 1.09 bits per heavy atom. The summed E-state index contributed by atoms with van der Waals surface area (Å²) in [7, 11) is 0. The van der Waals surface area contributed by atoms with E-state index < -0.39 is 110 Å². The van der Waals surface area contributed by atoms with Gasteiger partial charge in [0.05, 0.1) is 89.9 Å². The van der Waals surface area contributed by atoms with Gasteiger partial charge in [0.2, 0.25) is 0 Å². The van der Waals surface area contributed by atoms with Gasteiger partial charge in [0.15, 0.2) is 0 Å². The van der Waals surface area contributed by atoms with Gasteiger partial charge in [-0.15, -0.1) is 13.2 Å². The van der Waals surface area contributed by atoms with Crippen LogP contribution in [0.3, 0.4) is 0 Å². The van der Waals surface area contributed by atoms with E-state index >= 15 is 0 Å². The predicted molar refractivity (Wildman–Crippen MR) is 500 cm³/mol. The molecular formula is C98H142F12N2O34.